The molecule has 0 radical (unpaired) electrons. The Balaban J connectivity index is 1.88. The standard InChI is InChI=1S/C20H28O10/c1-20(2,27)14-6-10-5-9(3-4-15(22)23)11(7-12(10)28-14)29-19-18(26)17(25)16(24)13(8-21)30-19/h5,7,13-14,16-19,21,24-27H,3-4,6,8H2,1-2H3,(H,22,23)/t13-,14-,16+,17+,18-,19-/m1/s1. The van der Waals surface area contributed by atoms with Gasteiger partial charge in [0.05, 0.1) is 12.2 Å². The van der Waals surface area contributed by atoms with Gasteiger partial charge in [0.1, 0.15) is 42.0 Å². The van der Waals surface area contributed by atoms with E-state index in [0.717, 1.165) is 5.56 Å². The van der Waals surface area contributed by atoms with Gasteiger partial charge in [-0.05, 0) is 37.5 Å². The number of aliphatic carboxylic acids is 1. The van der Waals surface area contributed by atoms with Gasteiger partial charge in [-0.25, -0.2) is 0 Å². The third-order valence-electron chi connectivity index (χ3n) is 5.41. The smallest absolute Gasteiger partial charge is 0.303 e. The first-order valence-corrected chi connectivity index (χ1v) is 9.75. The molecule has 1 aromatic carbocycles. The quantitative estimate of drug-likeness (QED) is 0.316. The Bertz CT molecular complexity index is 772. The first kappa shape index (κ1) is 22.7. The topological polar surface area (TPSA) is 166 Å². The van der Waals surface area contributed by atoms with Crippen molar-refractivity contribution in [3.8, 4) is 11.5 Å². The minimum Gasteiger partial charge on any atom is -0.487 e. The average Bonchev–Trinajstić information content (AvgIpc) is 3.09. The minimum atomic E-state index is -1.60. The molecule has 6 atom stereocenters. The molecule has 0 bridgehead atoms. The molecular weight excluding hydrogens is 400 g/mol. The summed E-state index contributed by atoms with van der Waals surface area (Å²) in [5.74, 6) is -0.378. The second-order valence-corrected chi connectivity index (χ2v) is 8.24. The van der Waals surface area contributed by atoms with E-state index in [2.05, 4.69) is 0 Å². The Morgan fingerprint density at radius 3 is 2.50 bits per heavy atom. The highest BCUT2D eigenvalue weighted by molar-refractivity contribution is 5.67. The highest BCUT2D eigenvalue weighted by Crippen LogP contribution is 2.39. The summed E-state index contributed by atoms with van der Waals surface area (Å²) >= 11 is 0. The molecule has 6 N–H and O–H groups in total. The number of hydrogen-bond acceptors (Lipinski definition) is 9. The van der Waals surface area contributed by atoms with Crippen LogP contribution in [0.2, 0.25) is 0 Å². The van der Waals surface area contributed by atoms with Gasteiger partial charge in [0.25, 0.3) is 0 Å². The molecule has 2 aliphatic heterocycles. The number of hydrogen-bond donors (Lipinski definition) is 6. The van der Waals surface area contributed by atoms with Crippen molar-refractivity contribution < 1.29 is 49.6 Å². The Morgan fingerprint density at radius 2 is 1.90 bits per heavy atom. The van der Waals surface area contributed by atoms with Crippen LogP contribution in [0.15, 0.2) is 12.1 Å². The highest BCUT2D eigenvalue weighted by Gasteiger charge is 2.45. The van der Waals surface area contributed by atoms with Crippen molar-refractivity contribution in [2.75, 3.05) is 6.61 Å². The van der Waals surface area contributed by atoms with Crippen LogP contribution in [0.25, 0.3) is 0 Å². The van der Waals surface area contributed by atoms with Gasteiger partial charge in [0, 0.05) is 18.9 Å². The van der Waals surface area contributed by atoms with Crippen LogP contribution in [-0.4, -0.2) is 85.6 Å². The molecule has 10 heteroatoms. The number of carboxylic acid groups (broad SMARTS) is 1. The van der Waals surface area contributed by atoms with Gasteiger partial charge in [0.15, 0.2) is 0 Å². The first-order chi connectivity index (χ1) is 14.0. The zero-order valence-electron chi connectivity index (χ0n) is 16.8. The summed E-state index contributed by atoms with van der Waals surface area (Å²) in [4.78, 5) is 11.1. The van der Waals surface area contributed by atoms with Crippen molar-refractivity contribution in [3.05, 3.63) is 23.3 Å². The number of ether oxygens (including phenoxy) is 3. The number of aliphatic hydroxyl groups is 5. The van der Waals surface area contributed by atoms with Crippen LogP contribution >= 0.6 is 0 Å². The van der Waals surface area contributed by atoms with Gasteiger partial charge in [-0.2, -0.15) is 0 Å². The maximum absolute atomic E-state index is 11.1. The summed E-state index contributed by atoms with van der Waals surface area (Å²) in [5, 5.41) is 58.8. The molecule has 0 amide bonds. The molecule has 0 aromatic heterocycles. The van der Waals surface area contributed by atoms with E-state index in [1.807, 2.05) is 0 Å². The molecule has 0 spiro atoms. The summed E-state index contributed by atoms with van der Waals surface area (Å²) in [6.07, 6.45) is -7.38. The lowest BCUT2D eigenvalue weighted by Gasteiger charge is -2.39. The van der Waals surface area contributed by atoms with Crippen LogP contribution in [0, 0.1) is 0 Å². The number of fused-ring (bicyclic) bond motifs is 1. The van der Waals surface area contributed by atoms with Crippen molar-refractivity contribution in [2.45, 2.75) is 75.5 Å². The molecule has 1 fully saturated rings. The molecule has 168 valence electrons. The maximum Gasteiger partial charge on any atom is 0.303 e. The number of benzene rings is 1. The minimum absolute atomic E-state index is 0.128. The van der Waals surface area contributed by atoms with Gasteiger partial charge in [-0.15, -0.1) is 0 Å². The molecular formula is C20H28O10. The van der Waals surface area contributed by atoms with Crippen LogP contribution in [0.5, 0.6) is 11.5 Å². The van der Waals surface area contributed by atoms with E-state index in [9.17, 15) is 30.3 Å². The van der Waals surface area contributed by atoms with Crippen LogP contribution in [0.1, 0.15) is 31.4 Å². The van der Waals surface area contributed by atoms with E-state index in [1.165, 1.54) is 6.07 Å². The lowest BCUT2D eigenvalue weighted by molar-refractivity contribution is -0.277. The zero-order valence-corrected chi connectivity index (χ0v) is 16.8. The van der Waals surface area contributed by atoms with E-state index in [0.29, 0.717) is 17.7 Å². The van der Waals surface area contributed by atoms with Crippen molar-refractivity contribution in [3.63, 3.8) is 0 Å². The van der Waals surface area contributed by atoms with Gasteiger partial charge in [-0.3, -0.25) is 4.79 Å². The van der Waals surface area contributed by atoms with E-state index in [4.69, 9.17) is 19.3 Å². The van der Waals surface area contributed by atoms with Crippen molar-refractivity contribution in [2.24, 2.45) is 0 Å². The van der Waals surface area contributed by atoms with Crippen LogP contribution in [0.3, 0.4) is 0 Å². The van der Waals surface area contributed by atoms with E-state index < -0.39 is 55.0 Å². The average molecular weight is 428 g/mol. The largest absolute Gasteiger partial charge is 0.487 e. The summed E-state index contributed by atoms with van der Waals surface area (Å²) in [6, 6.07) is 3.25. The summed E-state index contributed by atoms with van der Waals surface area (Å²) < 4.78 is 16.9. The molecule has 2 aliphatic rings. The van der Waals surface area contributed by atoms with Crippen molar-refractivity contribution in [1.82, 2.24) is 0 Å². The third kappa shape index (κ3) is 4.69. The second-order valence-electron chi connectivity index (χ2n) is 8.24. The molecule has 30 heavy (non-hydrogen) atoms. The number of carboxylic acids is 1. The summed E-state index contributed by atoms with van der Waals surface area (Å²) in [7, 11) is 0. The van der Waals surface area contributed by atoms with Gasteiger partial charge in [0.2, 0.25) is 6.29 Å². The van der Waals surface area contributed by atoms with Crippen LogP contribution < -0.4 is 9.47 Å². The molecule has 3 rings (SSSR count). The molecule has 0 aliphatic carbocycles. The van der Waals surface area contributed by atoms with Gasteiger partial charge < -0.3 is 44.8 Å². The lowest BCUT2D eigenvalue weighted by atomic mass is 9.95. The van der Waals surface area contributed by atoms with Crippen molar-refractivity contribution >= 4 is 5.97 Å². The number of carbonyl (C=O) groups is 1. The second kappa shape index (κ2) is 8.66. The van der Waals surface area contributed by atoms with E-state index in [-0.39, 0.29) is 18.6 Å². The molecule has 2 heterocycles. The van der Waals surface area contributed by atoms with E-state index in [1.54, 1.807) is 19.9 Å². The monoisotopic (exact) mass is 428 g/mol. The predicted molar refractivity (Wildman–Crippen MR) is 101 cm³/mol. The Morgan fingerprint density at radius 1 is 1.20 bits per heavy atom. The Labute approximate surface area is 173 Å². The van der Waals surface area contributed by atoms with Crippen LogP contribution in [0.4, 0.5) is 0 Å². The zero-order chi connectivity index (χ0) is 22.2. The number of rotatable bonds is 7. The maximum atomic E-state index is 11.1. The number of aryl methyl sites for hydroxylation is 1. The third-order valence-corrected chi connectivity index (χ3v) is 5.41. The Kier molecular flexibility index (Phi) is 6.56. The fourth-order valence-electron chi connectivity index (χ4n) is 3.55. The number of aliphatic hydroxyl groups excluding tert-OH is 4. The fourth-order valence-corrected chi connectivity index (χ4v) is 3.55. The lowest BCUT2D eigenvalue weighted by Crippen LogP contribution is -2.60. The molecule has 1 saturated heterocycles. The predicted octanol–water partition coefficient (Wildman–Crippen LogP) is -1.04. The first-order valence-electron chi connectivity index (χ1n) is 9.75. The molecule has 10 nitrogen and oxygen atoms in total. The molecule has 1 aromatic rings. The Hall–Kier alpha value is -1.95. The van der Waals surface area contributed by atoms with Gasteiger partial charge >= 0.3 is 5.97 Å². The summed E-state index contributed by atoms with van der Waals surface area (Å²) in [5.41, 5.74) is 0.204. The molecule has 0 saturated carbocycles. The highest BCUT2D eigenvalue weighted by atomic mass is 16.7. The fraction of sp³-hybridized carbons (Fsp3) is 0.650. The molecule has 0 unspecified atom stereocenters. The normalized spacial score (nSPS) is 31.2. The van der Waals surface area contributed by atoms with Crippen LogP contribution in [-0.2, 0) is 22.4 Å². The van der Waals surface area contributed by atoms with E-state index >= 15 is 0 Å². The van der Waals surface area contributed by atoms with Crippen molar-refractivity contribution in [1.29, 1.82) is 0 Å². The van der Waals surface area contributed by atoms with Gasteiger partial charge in [-0.1, -0.05) is 0 Å². The SMILES string of the molecule is CC(C)(O)[C@H]1Cc2cc(CCC(=O)O)c(O[C@@H]3O[C@H](CO)[C@H](O)[C@H](O)[C@H]3O)cc2O1. The summed E-state index contributed by atoms with van der Waals surface area (Å²) in [6.45, 7) is 2.65.